The van der Waals surface area contributed by atoms with E-state index in [-0.39, 0.29) is 0 Å². The standard InChI is InChI=1S/C10H11N7S/c1-17-4-6(3-13-17)14-8-7-9(12-5-11-8)15-16-10(7)18-2/h3-5H,1-2H3,(H2,11,12,14,15,16). The number of fused-ring (bicyclic) bond motifs is 1. The Bertz CT molecular complexity index is 686. The first-order chi connectivity index (χ1) is 8.78. The van der Waals surface area contributed by atoms with Gasteiger partial charge in [-0.15, -0.1) is 11.8 Å². The second-order valence-electron chi connectivity index (χ2n) is 3.71. The lowest BCUT2D eigenvalue weighted by atomic mass is 10.4. The first-order valence-corrected chi connectivity index (χ1v) is 6.49. The van der Waals surface area contributed by atoms with Crippen LogP contribution in [0.15, 0.2) is 23.7 Å². The van der Waals surface area contributed by atoms with Crippen molar-refractivity contribution in [2.75, 3.05) is 11.6 Å². The number of thioether (sulfide) groups is 1. The summed E-state index contributed by atoms with van der Waals surface area (Å²) in [6.45, 7) is 0. The van der Waals surface area contributed by atoms with Gasteiger partial charge in [0, 0.05) is 13.2 Å². The van der Waals surface area contributed by atoms with Crippen LogP contribution in [0.5, 0.6) is 0 Å². The van der Waals surface area contributed by atoms with E-state index in [0.717, 1.165) is 27.6 Å². The molecule has 0 atom stereocenters. The van der Waals surface area contributed by atoms with Crippen LogP contribution < -0.4 is 5.32 Å². The number of aromatic nitrogens is 6. The van der Waals surface area contributed by atoms with Gasteiger partial charge in [-0.05, 0) is 6.26 Å². The molecule has 3 rings (SSSR count). The Morgan fingerprint density at radius 3 is 3.00 bits per heavy atom. The smallest absolute Gasteiger partial charge is 0.161 e. The summed E-state index contributed by atoms with van der Waals surface area (Å²) in [5.41, 5.74) is 1.60. The van der Waals surface area contributed by atoms with E-state index in [1.54, 1.807) is 22.6 Å². The van der Waals surface area contributed by atoms with E-state index in [9.17, 15) is 0 Å². The zero-order valence-corrected chi connectivity index (χ0v) is 10.7. The van der Waals surface area contributed by atoms with Crippen LogP contribution in [0.3, 0.4) is 0 Å². The van der Waals surface area contributed by atoms with E-state index in [4.69, 9.17) is 0 Å². The number of nitrogens with one attached hydrogen (secondary N) is 2. The molecule has 0 bridgehead atoms. The fraction of sp³-hybridized carbons (Fsp3) is 0.200. The number of aromatic amines is 1. The number of aryl methyl sites for hydroxylation is 1. The minimum atomic E-state index is 0.723. The summed E-state index contributed by atoms with van der Waals surface area (Å²) in [5, 5.41) is 16.2. The Kier molecular flexibility index (Phi) is 2.63. The van der Waals surface area contributed by atoms with Crippen LogP contribution in [0, 0.1) is 0 Å². The van der Waals surface area contributed by atoms with Crippen molar-refractivity contribution in [2.45, 2.75) is 5.03 Å². The van der Waals surface area contributed by atoms with Crippen LogP contribution in [0.2, 0.25) is 0 Å². The van der Waals surface area contributed by atoms with E-state index < -0.39 is 0 Å². The molecule has 0 unspecified atom stereocenters. The lowest BCUT2D eigenvalue weighted by Crippen LogP contribution is -1.94. The Labute approximate surface area is 107 Å². The van der Waals surface area contributed by atoms with Crippen LogP contribution >= 0.6 is 11.8 Å². The maximum Gasteiger partial charge on any atom is 0.161 e. The molecule has 2 N–H and O–H groups in total. The molecule has 0 aromatic carbocycles. The summed E-state index contributed by atoms with van der Waals surface area (Å²) in [5.74, 6) is 0.728. The number of H-pyrrole nitrogens is 1. The lowest BCUT2D eigenvalue weighted by Gasteiger charge is -2.03. The van der Waals surface area contributed by atoms with Gasteiger partial charge in [-0.3, -0.25) is 9.78 Å². The Balaban J connectivity index is 2.08. The third-order valence-corrected chi connectivity index (χ3v) is 3.17. The normalized spacial score (nSPS) is 11.0. The predicted octanol–water partition coefficient (Wildman–Crippen LogP) is 1.55. The molecule has 0 aliphatic carbocycles. The topological polar surface area (TPSA) is 84.3 Å². The fourth-order valence-corrected chi connectivity index (χ4v) is 2.23. The Hall–Kier alpha value is -2.09. The van der Waals surface area contributed by atoms with Crippen molar-refractivity contribution in [3.8, 4) is 0 Å². The predicted molar refractivity (Wildman–Crippen MR) is 70.0 cm³/mol. The van der Waals surface area contributed by atoms with Crippen molar-refractivity contribution < 1.29 is 0 Å². The molecular formula is C10H11N7S. The molecule has 0 aliphatic rings. The minimum Gasteiger partial charge on any atom is -0.337 e. The van der Waals surface area contributed by atoms with Crippen molar-refractivity contribution in [3.05, 3.63) is 18.7 Å². The SMILES string of the molecule is CSc1n[nH]c2ncnc(Nc3cnn(C)c3)c12. The molecule has 8 heteroatoms. The van der Waals surface area contributed by atoms with E-state index in [2.05, 4.69) is 30.6 Å². The van der Waals surface area contributed by atoms with Gasteiger partial charge in [0.05, 0.1) is 17.3 Å². The van der Waals surface area contributed by atoms with Gasteiger partial charge >= 0.3 is 0 Å². The Morgan fingerprint density at radius 1 is 1.39 bits per heavy atom. The van der Waals surface area contributed by atoms with Crippen LogP contribution in [0.1, 0.15) is 0 Å². The summed E-state index contributed by atoms with van der Waals surface area (Å²) in [6, 6.07) is 0. The van der Waals surface area contributed by atoms with Crippen LogP contribution in [-0.2, 0) is 7.05 Å². The van der Waals surface area contributed by atoms with Gasteiger partial charge < -0.3 is 5.32 Å². The monoisotopic (exact) mass is 261 g/mol. The quantitative estimate of drug-likeness (QED) is 0.696. The highest BCUT2D eigenvalue weighted by atomic mass is 32.2. The molecule has 18 heavy (non-hydrogen) atoms. The van der Waals surface area contributed by atoms with E-state index in [1.165, 1.54) is 6.33 Å². The van der Waals surface area contributed by atoms with Crippen LogP contribution in [0.4, 0.5) is 11.5 Å². The summed E-state index contributed by atoms with van der Waals surface area (Å²) in [6.07, 6.45) is 7.10. The number of hydrogen-bond donors (Lipinski definition) is 2. The first kappa shape index (κ1) is 11.0. The third-order valence-electron chi connectivity index (χ3n) is 2.49. The maximum atomic E-state index is 4.26. The van der Waals surface area contributed by atoms with Gasteiger partial charge in [0.15, 0.2) is 5.65 Å². The number of anilines is 2. The molecular weight excluding hydrogens is 250 g/mol. The Morgan fingerprint density at radius 2 is 2.28 bits per heavy atom. The summed E-state index contributed by atoms with van der Waals surface area (Å²) in [4.78, 5) is 8.41. The van der Waals surface area contributed by atoms with Crippen molar-refractivity contribution in [2.24, 2.45) is 7.05 Å². The molecule has 7 nitrogen and oxygen atoms in total. The molecule has 0 radical (unpaired) electrons. The van der Waals surface area contributed by atoms with Crippen molar-refractivity contribution in [1.29, 1.82) is 0 Å². The number of nitrogens with zero attached hydrogens (tertiary/aromatic N) is 5. The molecule has 0 saturated heterocycles. The molecule has 0 spiro atoms. The van der Waals surface area contributed by atoms with E-state index in [0.29, 0.717) is 0 Å². The maximum absolute atomic E-state index is 4.26. The van der Waals surface area contributed by atoms with Gasteiger partial charge in [-0.2, -0.15) is 10.2 Å². The van der Waals surface area contributed by atoms with Crippen molar-refractivity contribution in [1.82, 2.24) is 29.9 Å². The van der Waals surface area contributed by atoms with Gasteiger partial charge in [-0.25, -0.2) is 9.97 Å². The van der Waals surface area contributed by atoms with E-state index >= 15 is 0 Å². The van der Waals surface area contributed by atoms with Crippen molar-refractivity contribution >= 4 is 34.3 Å². The van der Waals surface area contributed by atoms with Gasteiger partial charge in [0.1, 0.15) is 17.2 Å². The summed E-state index contributed by atoms with van der Waals surface area (Å²) >= 11 is 1.55. The van der Waals surface area contributed by atoms with Crippen LogP contribution in [0.25, 0.3) is 11.0 Å². The summed E-state index contributed by atoms with van der Waals surface area (Å²) in [7, 11) is 1.87. The average molecular weight is 261 g/mol. The average Bonchev–Trinajstić information content (AvgIpc) is 2.96. The second kappa shape index (κ2) is 4.30. The summed E-state index contributed by atoms with van der Waals surface area (Å²) < 4.78 is 1.73. The number of hydrogen-bond acceptors (Lipinski definition) is 6. The zero-order chi connectivity index (χ0) is 12.5. The molecule has 3 aromatic rings. The zero-order valence-electron chi connectivity index (χ0n) is 9.88. The highest BCUT2D eigenvalue weighted by molar-refractivity contribution is 7.98. The number of rotatable bonds is 3. The molecule has 0 aliphatic heterocycles. The van der Waals surface area contributed by atoms with Gasteiger partial charge in [0.25, 0.3) is 0 Å². The molecule has 3 heterocycles. The highest BCUT2D eigenvalue weighted by Gasteiger charge is 2.12. The lowest BCUT2D eigenvalue weighted by molar-refractivity contribution is 0.768. The molecule has 0 saturated carbocycles. The van der Waals surface area contributed by atoms with Crippen LogP contribution in [-0.4, -0.2) is 36.2 Å². The van der Waals surface area contributed by atoms with Gasteiger partial charge in [0.2, 0.25) is 0 Å². The van der Waals surface area contributed by atoms with Gasteiger partial charge in [-0.1, -0.05) is 0 Å². The third kappa shape index (κ3) is 1.80. The molecule has 3 aromatic heterocycles. The second-order valence-corrected chi connectivity index (χ2v) is 4.50. The molecule has 92 valence electrons. The minimum absolute atomic E-state index is 0.723. The first-order valence-electron chi connectivity index (χ1n) is 5.26. The highest BCUT2D eigenvalue weighted by Crippen LogP contribution is 2.29. The van der Waals surface area contributed by atoms with E-state index in [1.807, 2.05) is 19.5 Å². The fourth-order valence-electron chi connectivity index (χ4n) is 1.70. The molecule has 0 fully saturated rings. The van der Waals surface area contributed by atoms with Crippen molar-refractivity contribution in [3.63, 3.8) is 0 Å². The largest absolute Gasteiger partial charge is 0.337 e. The molecule has 0 amide bonds.